The number of benzene rings is 8. The van der Waals surface area contributed by atoms with E-state index in [4.69, 9.17) is 19.4 Å². The number of nitrogens with zero attached hydrogens (tertiary/aromatic N) is 4. The monoisotopic (exact) mass is 794 g/mol. The lowest BCUT2D eigenvalue weighted by molar-refractivity contribution is 0.584. The van der Waals surface area contributed by atoms with Crippen LogP contribution in [-0.2, 0) is 0 Å². The molecule has 2 unspecified atom stereocenters. The molecule has 0 spiro atoms. The van der Waals surface area contributed by atoms with Crippen LogP contribution in [0, 0.1) is 0 Å². The van der Waals surface area contributed by atoms with Gasteiger partial charge in [0.05, 0.1) is 11.6 Å². The quantitative estimate of drug-likeness (QED) is 0.161. The van der Waals surface area contributed by atoms with E-state index in [1.54, 1.807) is 0 Å². The van der Waals surface area contributed by atoms with E-state index in [1.165, 1.54) is 27.9 Å². The maximum absolute atomic E-state index is 6.92. The molecule has 0 N–H and O–H groups in total. The molecule has 0 bridgehead atoms. The molecule has 10 aromatic rings. The van der Waals surface area contributed by atoms with Gasteiger partial charge in [0.1, 0.15) is 11.3 Å². The molecule has 5 heteroatoms. The van der Waals surface area contributed by atoms with Gasteiger partial charge in [0.25, 0.3) is 0 Å². The molecule has 1 aliphatic heterocycles. The molecular formula is C57H38N4O. The Labute approximate surface area is 360 Å². The maximum atomic E-state index is 6.92. The van der Waals surface area contributed by atoms with Gasteiger partial charge in [-0.2, -0.15) is 0 Å². The number of furan rings is 1. The summed E-state index contributed by atoms with van der Waals surface area (Å²) in [6, 6.07) is 72.5. The molecule has 8 aromatic carbocycles. The van der Waals surface area contributed by atoms with Crippen molar-refractivity contribution in [1.29, 1.82) is 0 Å². The first-order valence-corrected chi connectivity index (χ1v) is 21.1. The Morgan fingerprint density at radius 3 is 1.44 bits per heavy atom. The zero-order valence-electron chi connectivity index (χ0n) is 33.6. The molecule has 0 saturated heterocycles. The van der Waals surface area contributed by atoms with E-state index in [0.29, 0.717) is 17.5 Å². The summed E-state index contributed by atoms with van der Waals surface area (Å²) in [7, 11) is 0. The highest BCUT2D eigenvalue weighted by Gasteiger charge is 2.43. The van der Waals surface area contributed by atoms with Crippen LogP contribution in [-0.4, -0.2) is 21.0 Å². The van der Waals surface area contributed by atoms with Crippen molar-refractivity contribution >= 4 is 28.4 Å². The molecule has 292 valence electrons. The summed E-state index contributed by atoms with van der Waals surface area (Å²) in [6.07, 6.45) is 4.46. The van der Waals surface area contributed by atoms with Crippen LogP contribution in [0.15, 0.2) is 217 Å². The van der Waals surface area contributed by atoms with Gasteiger partial charge in [-0.3, -0.25) is 0 Å². The van der Waals surface area contributed by atoms with Crippen molar-refractivity contribution in [3.05, 3.63) is 229 Å². The molecule has 12 rings (SSSR count). The summed E-state index contributed by atoms with van der Waals surface area (Å²) < 4.78 is 6.92. The summed E-state index contributed by atoms with van der Waals surface area (Å²) in [5.41, 5.74) is 15.3. The molecule has 0 amide bonds. The van der Waals surface area contributed by atoms with Crippen molar-refractivity contribution in [2.45, 2.75) is 12.0 Å². The second-order valence-electron chi connectivity index (χ2n) is 15.9. The van der Waals surface area contributed by atoms with E-state index in [2.05, 4.69) is 211 Å². The zero-order chi connectivity index (χ0) is 41.0. The van der Waals surface area contributed by atoms with Gasteiger partial charge in [0, 0.05) is 39.4 Å². The van der Waals surface area contributed by atoms with Gasteiger partial charge in [0.15, 0.2) is 17.5 Å². The molecule has 62 heavy (non-hydrogen) atoms. The van der Waals surface area contributed by atoms with E-state index in [9.17, 15) is 0 Å². The SMILES string of the molecule is C1=CC2C(c3ccccc3N2c2ccc(-c3ccccc3)cc2)c2c1oc1c(-c3nc(-c4ccc(-c5ccccc5)cc4)nc(-c4ccc(-c5ccccc5)cc4)n3)cccc21. The fourth-order valence-electron chi connectivity index (χ4n) is 9.35. The lowest BCUT2D eigenvalue weighted by Crippen LogP contribution is -2.30. The molecule has 2 aromatic heterocycles. The topological polar surface area (TPSA) is 55.1 Å². The third-order valence-corrected chi connectivity index (χ3v) is 12.3. The van der Waals surface area contributed by atoms with Crippen LogP contribution in [0.1, 0.15) is 22.8 Å². The highest BCUT2D eigenvalue weighted by molar-refractivity contribution is 5.97. The lowest BCUT2D eigenvalue weighted by Gasteiger charge is -2.30. The van der Waals surface area contributed by atoms with Gasteiger partial charge in [-0.05, 0) is 69.3 Å². The zero-order valence-corrected chi connectivity index (χ0v) is 33.6. The predicted molar refractivity (Wildman–Crippen MR) is 252 cm³/mol. The van der Waals surface area contributed by atoms with Gasteiger partial charge in [0.2, 0.25) is 0 Å². The Bertz CT molecular complexity index is 3170. The number of hydrogen-bond acceptors (Lipinski definition) is 5. The average Bonchev–Trinajstić information content (AvgIpc) is 3.91. The Hall–Kier alpha value is -8.15. The molecule has 0 fully saturated rings. The molecule has 2 aliphatic rings. The highest BCUT2D eigenvalue weighted by atomic mass is 16.3. The summed E-state index contributed by atoms with van der Waals surface area (Å²) in [6.45, 7) is 0. The molecule has 3 heterocycles. The molecule has 2 atom stereocenters. The van der Waals surface area contributed by atoms with Gasteiger partial charge in [-0.15, -0.1) is 0 Å². The van der Waals surface area contributed by atoms with Crippen molar-refractivity contribution in [2.75, 3.05) is 4.90 Å². The maximum Gasteiger partial charge on any atom is 0.167 e. The number of para-hydroxylation sites is 2. The van der Waals surface area contributed by atoms with Crippen LogP contribution in [0.5, 0.6) is 0 Å². The number of anilines is 2. The smallest absolute Gasteiger partial charge is 0.167 e. The summed E-state index contributed by atoms with van der Waals surface area (Å²) >= 11 is 0. The standard InChI is InChI=1S/C57H38N4O/c1-4-13-37(14-5-1)40-23-27-43(28-24-40)55-58-56(44-29-25-41(26-30-44)38-15-6-2-7-16-38)60-57(59-55)48-21-12-20-47-53-51(62-54(47)48)36-35-50-52(53)46-19-10-11-22-49(46)61(50)45-33-31-42(32-34-45)39-17-8-3-9-18-39/h1-36,50,52H. The Morgan fingerprint density at radius 1 is 0.403 bits per heavy atom. The fraction of sp³-hybridized carbons (Fsp3) is 0.0351. The van der Waals surface area contributed by atoms with Gasteiger partial charge >= 0.3 is 0 Å². The van der Waals surface area contributed by atoms with Crippen molar-refractivity contribution in [1.82, 2.24) is 15.0 Å². The van der Waals surface area contributed by atoms with E-state index >= 15 is 0 Å². The van der Waals surface area contributed by atoms with Gasteiger partial charge in [-0.25, -0.2) is 15.0 Å². The van der Waals surface area contributed by atoms with Crippen LogP contribution in [0.3, 0.4) is 0 Å². The number of hydrogen-bond donors (Lipinski definition) is 0. The summed E-state index contributed by atoms with van der Waals surface area (Å²) in [5.74, 6) is 2.69. The van der Waals surface area contributed by atoms with Crippen LogP contribution >= 0.6 is 0 Å². The third kappa shape index (κ3) is 6.13. The summed E-state index contributed by atoms with van der Waals surface area (Å²) in [5, 5.41) is 1.07. The number of rotatable bonds is 7. The number of aromatic nitrogens is 3. The molecule has 0 radical (unpaired) electrons. The van der Waals surface area contributed by atoms with Crippen molar-refractivity contribution < 1.29 is 4.42 Å². The largest absolute Gasteiger partial charge is 0.456 e. The molecule has 1 aliphatic carbocycles. The number of fused-ring (bicyclic) bond motifs is 7. The van der Waals surface area contributed by atoms with E-state index in [1.807, 2.05) is 12.1 Å². The molecular weight excluding hydrogens is 757 g/mol. The average molecular weight is 795 g/mol. The summed E-state index contributed by atoms with van der Waals surface area (Å²) in [4.78, 5) is 18.0. The van der Waals surface area contributed by atoms with E-state index < -0.39 is 0 Å². The minimum atomic E-state index is 0.0623. The van der Waals surface area contributed by atoms with Crippen LogP contribution in [0.4, 0.5) is 11.4 Å². The second kappa shape index (κ2) is 14.8. The third-order valence-electron chi connectivity index (χ3n) is 12.3. The first-order chi connectivity index (χ1) is 30.7. The highest BCUT2D eigenvalue weighted by Crippen LogP contribution is 2.54. The predicted octanol–water partition coefficient (Wildman–Crippen LogP) is 14.3. The van der Waals surface area contributed by atoms with Crippen molar-refractivity contribution in [3.8, 4) is 67.5 Å². The first kappa shape index (κ1) is 35.8. The molecule has 0 saturated carbocycles. The van der Waals surface area contributed by atoms with Gasteiger partial charge < -0.3 is 9.32 Å². The second-order valence-corrected chi connectivity index (χ2v) is 15.9. The van der Waals surface area contributed by atoms with Crippen LogP contribution in [0.2, 0.25) is 0 Å². The van der Waals surface area contributed by atoms with Crippen molar-refractivity contribution in [3.63, 3.8) is 0 Å². The first-order valence-electron chi connectivity index (χ1n) is 21.1. The Balaban J connectivity index is 0.964. The van der Waals surface area contributed by atoms with Crippen LogP contribution in [0.25, 0.3) is 84.6 Å². The van der Waals surface area contributed by atoms with E-state index in [-0.39, 0.29) is 12.0 Å². The van der Waals surface area contributed by atoms with Crippen LogP contribution < -0.4 is 4.90 Å². The fourth-order valence-corrected chi connectivity index (χ4v) is 9.35. The Morgan fingerprint density at radius 2 is 0.871 bits per heavy atom. The lowest BCUT2D eigenvalue weighted by atomic mass is 9.82. The molecule has 5 nitrogen and oxygen atoms in total. The van der Waals surface area contributed by atoms with E-state index in [0.717, 1.165) is 61.4 Å². The van der Waals surface area contributed by atoms with Crippen molar-refractivity contribution in [2.24, 2.45) is 0 Å². The van der Waals surface area contributed by atoms with Gasteiger partial charge in [-0.1, -0.05) is 188 Å². The normalized spacial score (nSPS) is 15.0. The minimum absolute atomic E-state index is 0.0623. The Kier molecular flexibility index (Phi) is 8.56. The minimum Gasteiger partial charge on any atom is -0.456 e.